The molecule has 1 amide bonds. The molecule has 0 saturated carbocycles. The van der Waals surface area contributed by atoms with Gasteiger partial charge in [0.2, 0.25) is 5.91 Å². The Balaban J connectivity index is 1.76. The molecule has 0 bridgehead atoms. The van der Waals surface area contributed by atoms with Crippen LogP contribution in [0.25, 0.3) is 20.4 Å². The van der Waals surface area contributed by atoms with Crippen molar-refractivity contribution in [1.29, 1.82) is 0 Å². The Kier molecular flexibility index (Phi) is 6.60. The van der Waals surface area contributed by atoms with Gasteiger partial charge in [0.15, 0.2) is 5.16 Å². The highest BCUT2D eigenvalue weighted by Gasteiger charge is 2.18. The average Bonchev–Trinajstić information content (AvgIpc) is 3.14. The van der Waals surface area contributed by atoms with Crippen molar-refractivity contribution >= 4 is 61.0 Å². The SMILES string of the molecule is CCC(C)NC(=O)CSc1nc2c(sc3ncccc32)c(=O)n1Cc1ccc(Cl)cc1. The predicted octanol–water partition coefficient (Wildman–Crippen LogP) is 4.71. The normalized spacial score (nSPS) is 12.4. The Hall–Kier alpha value is -2.42. The summed E-state index contributed by atoms with van der Waals surface area (Å²) in [6, 6.07) is 11.2. The van der Waals surface area contributed by atoms with Gasteiger partial charge < -0.3 is 5.32 Å². The van der Waals surface area contributed by atoms with E-state index in [9.17, 15) is 9.59 Å². The fourth-order valence-corrected chi connectivity index (χ4v) is 5.07. The molecule has 3 aromatic heterocycles. The van der Waals surface area contributed by atoms with Crippen molar-refractivity contribution in [2.45, 2.75) is 38.0 Å². The molecule has 3 heterocycles. The quantitative estimate of drug-likeness (QED) is 0.311. The van der Waals surface area contributed by atoms with E-state index in [1.54, 1.807) is 22.9 Å². The summed E-state index contributed by atoms with van der Waals surface area (Å²) in [7, 11) is 0. The molecular formula is C22H21ClN4O2S2. The van der Waals surface area contributed by atoms with E-state index in [-0.39, 0.29) is 23.3 Å². The number of carbonyl (C=O) groups excluding carboxylic acids is 1. The van der Waals surface area contributed by atoms with Gasteiger partial charge in [0.1, 0.15) is 9.53 Å². The molecule has 0 radical (unpaired) electrons. The fraction of sp³-hybridized carbons (Fsp3) is 0.273. The molecule has 6 nitrogen and oxygen atoms in total. The molecule has 1 atom stereocenters. The van der Waals surface area contributed by atoms with Gasteiger partial charge in [0.05, 0.1) is 17.8 Å². The van der Waals surface area contributed by atoms with Gasteiger partial charge in [-0.05, 0) is 43.2 Å². The Labute approximate surface area is 192 Å². The van der Waals surface area contributed by atoms with Crippen LogP contribution in [0.1, 0.15) is 25.8 Å². The number of fused-ring (bicyclic) bond motifs is 3. The molecule has 31 heavy (non-hydrogen) atoms. The van der Waals surface area contributed by atoms with Gasteiger partial charge in [-0.15, -0.1) is 11.3 Å². The number of pyridine rings is 1. The summed E-state index contributed by atoms with van der Waals surface area (Å²) in [6.07, 6.45) is 2.56. The third-order valence-electron chi connectivity index (χ3n) is 4.92. The van der Waals surface area contributed by atoms with E-state index < -0.39 is 0 Å². The third kappa shape index (κ3) is 4.76. The highest BCUT2D eigenvalue weighted by Crippen LogP contribution is 2.30. The van der Waals surface area contributed by atoms with Gasteiger partial charge in [-0.3, -0.25) is 14.2 Å². The lowest BCUT2D eigenvalue weighted by Crippen LogP contribution is -2.33. The summed E-state index contributed by atoms with van der Waals surface area (Å²) in [5, 5.41) is 4.95. The van der Waals surface area contributed by atoms with E-state index in [4.69, 9.17) is 16.6 Å². The molecule has 0 aliphatic heterocycles. The molecule has 0 fully saturated rings. The van der Waals surface area contributed by atoms with Crippen molar-refractivity contribution in [3.05, 3.63) is 63.5 Å². The van der Waals surface area contributed by atoms with Crippen LogP contribution in [0.5, 0.6) is 0 Å². The lowest BCUT2D eigenvalue weighted by Gasteiger charge is -2.14. The number of rotatable bonds is 7. The molecular weight excluding hydrogens is 452 g/mol. The summed E-state index contributed by atoms with van der Waals surface area (Å²) in [6.45, 7) is 4.33. The number of amides is 1. The number of halogens is 1. The van der Waals surface area contributed by atoms with Gasteiger partial charge >= 0.3 is 0 Å². The number of hydrogen-bond acceptors (Lipinski definition) is 6. The first-order valence-corrected chi connectivity index (χ1v) is 12.1. The lowest BCUT2D eigenvalue weighted by atomic mass is 10.2. The van der Waals surface area contributed by atoms with Crippen molar-refractivity contribution in [1.82, 2.24) is 19.9 Å². The number of thioether (sulfide) groups is 1. The van der Waals surface area contributed by atoms with Crippen LogP contribution >= 0.6 is 34.7 Å². The van der Waals surface area contributed by atoms with E-state index in [0.717, 1.165) is 22.2 Å². The summed E-state index contributed by atoms with van der Waals surface area (Å²) >= 11 is 8.62. The van der Waals surface area contributed by atoms with Crippen LogP contribution in [0.15, 0.2) is 52.5 Å². The molecule has 1 unspecified atom stereocenters. The van der Waals surface area contributed by atoms with Crippen molar-refractivity contribution in [3.63, 3.8) is 0 Å². The van der Waals surface area contributed by atoms with E-state index in [1.165, 1.54) is 23.1 Å². The molecule has 4 aromatic rings. The minimum absolute atomic E-state index is 0.0800. The Morgan fingerprint density at radius 2 is 2.06 bits per heavy atom. The molecule has 0 saturated heterocycles. The number of benzene rings is 1. The van der Waals surface area contributed by atoms with Gasteiger partial charge in [-0.25, -0.2) is 9.97 Å². The maximum Gasteiger partial charge on any atom is 0.272 e. The zero-order valence-electron chi connectivity index (χ0n) is 17.1. The van der Waals surface area contributed by atoms with Crippen LogP contribution < -0.4 is 10.9 Å². The van der Waals surface area contributed by atoms with Gasteiger partial charge in [0, 0.05) is 22.6 Å². The minimum atomic E-state index is -0.132. The molecule has 4 rings (SSSR count). The number of aromatic nitrogens is 3. The summed E-state index contributed by atoms with van der Waals surface area (Å²) in [5.41, 5.74) is 1.43. The third-order valence-corrected chi connectivity index (χ3v) is 7.24. The Bertz CT molecular complexity index is 1300. The number of thiophene rings is 1. The largest absolute Gasteiger partial charge is 0.353 e. The van der Waals surface area contributed by atoms with Crippen LogP contribution in [-0.2, 0) is 11.3 Å². The number of carbonyl (C=O) groups is 1. The van der Waals surface area contributed by atoms with Crippen molar-refractivity contribution in [3.8, 4) is 0 Å². The maximum absolute atomic E-state index is 13.4. The van der Waals surface area contributed by atoms with Gasteiger partial charge in [-0.1, -0.05) is 42.4 Å². The molecule has 9 heteroatoms. The number of nitrogens with zero attached hydrogens (tertiary/aromatic N) is 3. The minimum Gasteiger partial charge on any atom is -0.353 e. The monoisotopic (exact) mass is 472 g/mol. The van der Waals surface area contributed by atoms with E-state index in [0.29, 0.717) is 26.9 Å². The van der Waals surface area contributed by atoms with E-state index in [2.05, 4.69) is 10.3 Å². The van der Waals surface area contributed by atoms with Crippen LogP contribution in [0, 0.1) is 0 Å². The number of nitrogens with one attached hydrogen (secondary N) is 1. The lowest BCUT2D eigenvalue weighted by molar-refractivity contribution is -0.119. The second kappa shape index (κ2) is 9.38. The highest BCUT2D eigenvalue weighted by molar-refractivity contribution is 7.99. The zero-order valence-corrected chi connectivity index (χ0v) is 19.5. The van der Waals surface area contributed by atoms with E-state index >= 15 is 0 Å². The van der Waals surface area contributed by atoms with Crippen molar-refractivity contribution in [2.75, 3.05) is 5.75 Å². The number of hydrogen-bond donors (Lipinski definition) is 1. The second-order valence-corrected chi connectivity index (χ2v) is 9.59. The molecule has 0 aliphatic carbocycles. The van der Waals surface area contributed by atoms with E-state index in [1.807, 2.05) is 38.1 Å². The Morgan fingerprint density at radius 3 is 2.81 bits per heavy atom. The predicted molar refractivity (Wildman–Crippen MR) is 128 cm³/mol. The molecule has 0 spiro atoms. The molecule has 0 aliphatic rings. The zero-order chi connectivity index (χ0) is 22.0. The first-order valence-electron chi connectivity index (χ1n) is 9.91. The first-order chi connectivity index (χ1) is 15.0. The summed E-state index contributed by atoms with van der Waals surface area (Å²) < 4.78 is 2.19. The average molecular weight is 473 g/mol. The van der Waals surface area contributed by atoms with Crippen molar-refractivity contribution < 1.29 is 4.79 Å². The van der Waals surface area contributed by atoms with Gasteiger partial charge in [0.25, 0.3) is 5.56 Å². The standard InChI is InChI=1S/C22H21ClN4O2S2/c1-3-13(2)25-17(28)12-30-22-26-18-16-5-4-10-24-20(16)31-19(18)21(29)27(22)11-14-6-8-15(23)9-7-14/h4-10,13H,3,11-12H2,1-2H3,(H,25,28). The molecule has 1 aromatic carbocycles. The van der Waals surface area contributed by atoms with Crippen LogP contribution in [0.3, 0.4) is 0 Å². The van der Waals surface area contributed by atoms with Crippen LogP contribution in [0.4, 0.5) is 0 Å². The second-order valence-electron chi connectivity index (χ2n) is 7.21. The van der Waals surface area contributed by atoms with Crippen LogP contribution in [-0.4, -0.2) is 32.2 Å². The summed E-state index contributed by atoms with van der Waals surface area (Å²) in [4.78, 5) is 35.7. The van der Waals surface area contributed by atoms with Gasteiger partial charge in [-0.2, -0.15) is 0 Å². The smallest absolute Gasteiger partial charge is 0.272 e. The maximum atomic E-state index is 13.4. The Morgan fingerprint density at radius 1 is 1.29 bits per heavy atom. The topological polar surface area (TPSA) is 76.9 Å². The molecule has 1 N–H and O–H groups in total. The fourth-order valence-electron chi connectivity index (χ4n) is 3.11. The summed E-state index contributed by atoms with van der Waals surface area (Å²) in [5.74, 6) is 0.104. The highest BCUT2D eigenvalue weighted by atomic mass is 35.5. The van der Waals surface area contributed by atoms with Crippen molar-refractivity contribution in [2.24, 2.45) is 0 Å². The van der Waals surface area contributed by atoms with Crippen LogP contribution in [0.2, 0.25) is 5.02 Å². The molecule has 160 valence electrons. The first kappa shape index (κ1) is 21.8.